The Kier molecular flexibility index (Phi) is 16.1. The maximum Gasteiger partial charge on any atom is 0.317 e. The lowest BCUT2D eigenvalue weighted by molar-refractivity contribution is -0.142. The SMILES string of the molecule is O=CCCOCCOCCOCCOCCN(CC(=O)O)CC(=O)O. The predicted molar refractivity (Wildman–Crippen MR) is 85.7 cm³/mol. The zero-order chi connectivity index (χ0) is 18.8. The summed E-state index contributed by atoms with van der Waals surface area (Å²) in [6, 6.07) is 0. The number of hydrogen-bond donors (Lipinski definition) is 2. The molecule has 0 heterocycles. The maximum atomic E-state index is 10.6. The average Bonchev–Trinajstić information content (AvgIpc) is 2.54. The van der Waals surface area contributed by atoms with Crippen LogP contribution in [0.25, 0.3) is 0 Å². The molecule has 0 aromatic heterocycles. The minimum Gasteiger partial charge on any atom is -0.480 e. The van der Waals surface area contributed by atoms with E-state index in [0.29, 0.717) is 52.7 Å². The van der Waals surface area contributed by atoms with Crippen molar-refractivity contribution in [3.05, 3.63) is 0 Å². The first-order chi connectivity index (χ1) is 12.1. The van der Waals surface area contributed by atoms with Gasteiger partial charge in [-0.1, -0.05) is 0 Å². The van der Waals surface area contributed by atoms with E-state index in [0.717, 1.165) is 6.29 Å². The molecule has 0 unspecified atom stereocenters. The molecule has 10 nitrogen and oxygen atoms in total. The topological polar surface area (TPSA) is 132 Å². The lowest BCUT2D eigenvalue weighted by Crippen LogP contribution is -2.37. The quantitative estimate of drug-likeness (QED) is 0.219. The Morgan fingerprint density at radius 3 is 1.52 bits per heavy atom. The molecule has 0 aliphatic carbocycles. The number of carbonyl (C=O) groups excluding carboxylic acids is 1. The molecule has 0 aromatic rings. The third-order valence-electron chi connectivity index (χ3n) is 2.77. The number of aliphatic carboxylic acids is 2. The van der Waals surface area contributed by atoms with Gasteiger partial charge in [-0.2, -0.15) is 0 Å². The van der Waals surface area contributed by atoms with Crippen LogP contribution < -0.4 is 0 Å². The van der Waals surface area contributed by atoms with Crippen LogP contribution in [-0.2, 0) is 33.3 Å². The number of ether oxygens (including phenoxy) is 4. The van der Waals surface area contributed by atoms with Gasteiger partial charge in [0.25, 0.3) is 0 Å². The van der Waals surface area contributed by atoms with E-state index in [4.69, 9.17) is 29.2 Å². The van der Waals surface area contributed by atoms with Gasteiger partial charge in [0.05, 0.1) is 65.9 Å². The molecule has 0 radical (unpaired) electrons. The van der Waals surface area contributed by atoms with Crippen LogP contribution in [0.1, 0.15) is 6.42 Å². The van der Waals surface area contributed by atoms with Crippen LogP contribution >= 0.6 is 0 Å². The number of rotatable bonds is 19. The molecular weight excluding hydrogens is 338 g/mol. The summed E-state index contributed by atoms with van der Waals surface area (Å²) in [5.74, 6) is -2.17. The minimum atomic E-state index is -1.08. The van der Waals surface area contributed by atoms with Gasteiger partial charge in [0.2, 0.25) is 0 Å². The van der Waals surface area contributed by atoms with Crippen LogP contribution in [0.5, 0.6) is 0 Å². The van der Waals surface area contributed by atoms with Crippen molar-refractivity contribution < 1.29 is 43.5 Å². The Balaban J connectivity index is 3.37. The summed E-state index contributed by atoms with van der Waals surface area (Å²) in [7, 11) is 0. The number of carboxylic acid groups (broad SMARTS) is 2. The molecule has 10 heteroatoms. The van der Waals surface area contributed by atoms with Gasteiger partial charge in [-0.05, 0) is 0 Å². The molecule has 0 aliphatic rings. The summed E-state index contributed by atoms with van der Waals surface area (Å²) in [5.41, 5.74) is 0. The Hall–Kier alpha value is -1.59. The molecular formula is C15H27NO9. The van der Waals surface area contributed by atoms with Crippen LogP contribution in [0.2, 0.25) is 0 Å². The second-order valence-electron chi connectivity index (χ2n) is 4.90. The number of aldehydes is 1. The third-order valence-corrected chi connectivity index (χ3v) is 2.77. The van der Waals surface area contributed by atoms with Crippen molar-refractivity contribution in [2.45, 2.75) is 6.42 Å². The van der Waals surface area contributed by atoms with Crippen molar-refractivity contribution in [2.75, 3.05) is 72.5 Å². The highest BCUT2D eigenvalue weighted by atomic mass is 16.6. The van der Waals surface area contributed by atoms with Gasteiger partial charge < -0.3 is 34.0 Å². The van der Waals surface area contributed by atoms with E-state index in [1.54, 1.807) is 0 Å². The lowest BCUT2D eigenvalue weighted by atomic mass is 10.4. The molecule has 2 N–H and O–H groups in total. The summed E-state index contributed by atoms with van der Waals surface area (Å²) in [4.78, 5) is 32.5. The summed E-state index contributed by atoms with van der Waals surface area (Å²) in [6.45, 7) is 2.51. The Morgan fingerprint density at radius 2 is 1.12 bits per heavy atom. The van der Waals surface area contributed by atoms with Gasteiger partial charge in [-0.3, -0.25) is 14.5 Å². The molecule has 0 aromatic carbocycles. The van der Waals surface area contributed by atoms with Crippen molar-refractivity contribution in [1.82, 2.24) is 4.90 Å². The van der Waals surface area contributed by atoms with Crippen molar-refractivity contribution in [2.24, 2.45) is 0 Å². The highest BCUT2D eigenvalue weighted by Crippen LogP contribution is 1.90. The predicted octanol–water partition coefficient (Wildman–Crippen LogP) is -0.887. The van der Waals surface area contributed by atoms with Crippen molar-refractivity contribution in [1.29, 1.82) is 0 Å². The lowest BCUT2D eigenvalue weighted by Gasteiger charge is -2.17. The first-order valence-electron chi connectivity index (χ1n) is 7.96. The van der Waals surface area contributed by atoms with E-state index in [2.05, 4.69) is 0 Å². The van der Waals surface area contributed by atoms with Gasteiger partial charge in [0.1, 0.15) is 6.29 Å². The fraction of sp³-hybridized carbons (Fsp3) is 0.800. The van der Waals surface area contributed by atoms with E-state index in [-0.39, 0.29) is 26.2 Å². The molecule has 0 aliphatic heterocycles. The molecule has 0 bridgehead atoms. The average molecular weight is 365 g/mol. The van der Waals surface area contributed by atoms with Gasteiger partial charge in [-0.15, -0.1) is 0 Å². The zero-order valence-electron chi connectivity index (χ0n) is 14.3. The van der Waals surface area contributed by atoms with Crippen LogP contribution in [0.4, 0.5) is 0 Å². The summed E-state index contributed by atoms with van der Waals surface area (Å²) in [5, 5.41) is 17.4. The summed E-state index contributed by atoms with van der Waals surface area (Å²) in [6.07, 6.45) is 1.18. The molecule has 146 valence electrons. The second kappa shape index (κ2) is 17.2. The Bertz CT molecular complexity index is 349. The highest BCUT2D eigenvalue weighted by molar-refractivity contribution is 5.72. The summed E-state index contributed by atoms with van der Waals surface area (Å²) >= 11 is 0. The Morgan fingerprint density at radius 1 is 0.720 bits per heavy atom. The molecule has 25 heavy (non-hydrogen) atoms. The third kappa shape index (κ3) is 18.6. The number of carboxylic acids is 2. The first kappa shape index (κ1) is 23.4. The standard InChI is InChI=1S/C15H27NO9/c17-3-1-4-22-6-8-24-10-11-25-9-7-23-5-2-16(12-14(18)19)13-15(20)21/h3H,1-2,4-13H2,(H,18,19)(H,20,21). The van der Waals surface area contributed by atoms with E-state index >= 15 is 0 Å². The molecule has 0 atom stereocenters. The monoisotopic (exact) mass is 365 g/mol. The van der Waals surface area contributed by atoms with E-state index in [1.807, 2.05) is 0 Å². The smallest absolute Gasteiger partial charge is 0.317 e. The van der Waals surface area contributed by atoms with Crippen LogP contribution in [0.3, 0.4) is 0 Å². The van der Waals surface area contributed by atoms with Crippen molar-refractivity contribution in [3.8, 4) is 0 Å². The van der Waals surface area contributed by atoms with Gasteiger partial charge >= 0.3 is 11.9 Å². The largest absolute Gasteiger partial charge is 0.480 e. The molecule has 0 saturated carbocycles. The molecule has 0 rings (SSSR count). The fourth-order valence-corrected chi connectivity index (χ4v) is 1.68. The molecule has 0 amide bonds. The molecule has 0 fully saturated rings. The summed E-state index contributed by atoms with van der Waals surface area (Å²) < 4.78 is 20.9. The van der Waals surface area contributed by atoms with E-state index in [9.17, 15) is 14.4 Å². The van der Waals surface area contributed by atoms with Crippen LogP contribution in [0, 0.1) is 0 Å². The fourth-order valence-electron chi connectivity index (χ4n) is 1.68. The molecule has 0 saturated heterocycles. The normalized spacial score (nSPS) is 10.9. The van der Waals surface area contributed by atoms with Crippen molar-refractivity contribution in [3.63, 3.8) is 0 Å². The van der Waals surface area contributed by atoms with Crippen LogP contribution in [0.15, 0.2) is 0 Å². The molecule has 0 spiro atoms. The van der Waals surface area contributed by atoms with Crippen LogP contribution in [-0.4, -0.2) is 106 Å². The number of carbonyl (C=O) groups is 3. The number of hydrogen-bond acceptors (Lipinski definition) is 8. The van der Waals surface area contributed by atoms with Crippen molar-refractivity contribution >= 4 is 18.2 Å². The Labute approximate surface area is 146 Å². The zero-order valence-corrected chi connectivity index (χ0v) is 14.3. The first-order valence-corrected chi connectivity index (χ1v) is 7.96. The second-order valence-corrected chi connectivity index (χ2v) is 4.90. The highest BCUT2D eigenvalue weighted by Gasteiger charge is 2.12. The van der Waals surface area contributed by atoms with E-state index < -0.39 is 11.9 Å². The van der Waals surface area contributed by atoms with Gasteiger partial charge in [0.15, 0.2) is 0 Å². The number of nitrogens with zero attached hydrogens (tertiary/aromatic N) is 1. The van der Waals surface area contributed by atoms with E-state index in [1.165, 1.54) is 4.90 Å². The van der Waals surface area contributed by atoms with Gasteiger partial charge in [-0.25, -0.2) is 0 Å². The maximum absolute atomic E-state index is 10.6. The minimum absolute atomic E-state index is 0.214. The van der Waals surface area contributed by atoms with Gasteiger partial charge in [0, 0.05) is 13.0 Å².